The van der Waals surface area contributed by atoms with E-state index in [1.54, 1.807) is 16.2 Å². The van der Waals surface area contributed by atoms with Gasteiger partial charge in [0.25, 0.3) is 5.91 Å². The first-order chi connectivity index (χ1) is 16.0. The highest BCUT2D eigenvalue weighted by Crippen LogP contribution is 2.25. The van der Waals surface area contributed by atoms with E-state index in [0.717, 1.165) is 38.6 Å². The number of hydrogen-bond donors (Lipinski definition) is 1. The Labute approximate surface area is 202 Å². The Bertz CT molecular complexity index is 1120. The van der Waals surface area contributed by atoms with Crippen LogP contribution in [0.5, 0.6) is 0 Å². The first-order valence-electron chi connectivity index (χ1n) is 10.8. The van der Waals surface area contributed by atoms with Gasteiger partial charge >= 0.3 is 0 Å². The third-order valence-electron chi connectivity index (χ3n) is 5.94. The van der Waals surface area contributed by atoms with Gasteiger partial charge in [0, 0.05) is 36.5 Å². The van der Waals surface area contributed by atoms with Crippen LogP contribution in [-0.2, 0) is 40.3 Å². The summed E-state index contributed by atoms with van der Waals surface area (Å²) in [5.41, 5.74) is 4.32. The second-order valence-electron chi connectivity index (χ2n) is 8.22. The van der Waals surface area contributed by atoms with Crippen LogP contribution in [0.25, 0.3) is 0 Å². The van der Waals surface area contributed by atoms with Gasteiger partial charge in [0.2, 0.25) is 0 Å². The number of benzene rings is 2. The minimum Gasteiger partial charge on any atom is -0.380 e. The number of Topliss-reactive ketones (excluding diaryl/α,β-unsaturated/α-hetero) is 1. The number of fused-ring (bicyclic) bond motifs is 1. The Kier molecular flexibility index (Phi) is 7.60. The largest absolute Gasteiger partial charge is 0.380 e. The van der Waals surface area contributed by atoms with Gasteiger partial charge < -0.3 is 14.7 Å². The lowest BCUT2D eigenvalue weighted by Crippen LogP contribution is -2.47. The highest BCUT2D eigenvalue weighted by molar-refractivity contribution is 7.10. The molecule has 1 N–H and O–H groups in total. The van der Waals surface area contributed by atoms with Crippen molar-refractivity contribution in [3.05, 3.63) is 92.1 Å². The molecular weight excluding hydrogens is 458 g/mol. The number of ketones is 1. The molecule has 1 aliphatic heterocycles. The molecular formula is C26H26ClNO4S. The van der Waals surface area contributed by atoms with Crippen molar-refractivity contribution in [2.45, 2.75) is 44.6 Å². The Balaban J connectivity index is 1.32. The number of aliphatic hydroxyl groups is 1. The van der Waals surface area contributed by atoms with E-state index in [4.69, 9.17) is 16.3 Å². The van der Waals surface area contributed by atoms with E-state index in [-0.39, 0.29) is 12.2 Å². The van der Waals surface area contributed by atoms with Crippen LogP contribution in [0.3, 0.4) is 0 Å². The fourth-order valence-corrected chi connectivity index (χ4v) is 5.24. The van der Waals surface area contributed by atoms with Gasteiger partial charge in [-0.05, 0) is 52.6 Å². The molecule has 1 aliphatic rings. The zero-order valence-electron chi connectivity index (χ0n) is 18.4. The van der Waals surface area contributed by atoms with Crippen molar-refractivity contribution in [3.63, 3.8) is 0 Å². The van der Waals surface area contributed by atoms with Crippen LogP contribution < -0.4 is 0 Å². The van der Waals surface area contributed by atoms with Gasteiger partial charge in [-0.15, -0.1) is 11.3 Å². The van der Waals surface area contributed by atoms with Crippen LogP contribution in [0.2, 0.25) is 5.02 Å². The quantitative estimate of drug-likeness (QED) is 0.489. The number of thiophene rings is 1. The molecule has 2 aromatic carbocycles. The van der Waals surface area contributed by atoms with E-state index < -0.39 is 18.1 Å². The monoisotopic (exact) mass is 483 g/mol. The summed E-state index contributed by atoms with van der Waals surface area (Å²) in [6.07, 6.45) is -1.24. The highest BCUT2D eigenvalue weighted by atomic mass is 35.5. The average molecular weight is 484 g/mol. The topological polar surface area (TPSA) is 66.8 Å². The van der Waals surface area contributed by atoms with Gasteiger partial charge in [-0.3, -0.25) is 9.59 Å². The average Bonchev–Trinajstić information content (AvgIpc) is 3.46. The summed E-state index contributed by atoms with van der Waals surface area (Å²) >= 11 is 7.84. The predicted octanol–water partition coefficient (Wildman–Crippen LogP) is 4.41. The molecule has 5 nitrogen and oxygen atoms in total. The summed E-state index contributed by atoms with van der Waals surface area (Å²) in [7, 11) is 1.35. The van der Waals surface area contributed by atoms with E-state index in [2.05, 4.69) is 11.4 Å². The van der Waals surface area contributed by atoms with Gasteiger partial charge in [0.05, 0.1) is 0 Å². The minimum absolute atomic E-state index is 0.190. The zero-order chi connectivity index (χ0) is 23.4. The lowest BCUT2D eigenvalue weighted by Gasteiger charge is -2.24. The molecule has 3 aromatic rings. The van der Waals surface area contributed by atoms with Crippen molar-refractivity contribution < 1.29 is 19.4 Å². The van der Waals surface area contributed by atoms with Crippen molar-refractivity contribution in [1.82, 2.24) is 4.90 Å². The van der Waals surface area contributed by atoms with Crippen LogP contribution in [0.15, 0.2) is 60.0 Å². The van der Waals surface area contributed by atoms with E-state index in [1.807, 2.05) is 48.5 Å². The van der Waals surface area contributed by atoms with E-state index >= 15 is 0 Å². The number of carbonyl (C=O) groups is 2. The third-order valence-corrected chi connectivity index (χ3v) is 7.36. The molecule has 0 saturated carbocycles. The molecule has 2 heterocycles. The van der Waals surface area contributed by atoms with E-state index in [1.165, 1.54) is 7.11 Å². The van der Waals surface area contributed by atoms with Crippen LogP contribution in [0.1, 0.15) is 33.6 Å². The number of methoxy groups -OCH3 is 1. The smallest absolute Gasteiger partial charge is 0.255 e. The molecule has 4 rings (SSSR count). The third kappa shape index (κ3) is 5.53. The molecule has 0 aliphatic carbocycles. The maximum atomic E-state index is 12.8. The second-order valence-corrected chi connectivity index (χ2v) is 9.62. The number of aliphatic hydroxyl groups excluding tert-OH is 1. The van der Waals surface area contributed by atoms with Crippen molar-refractivity contribution >= 4 is 34.6 Å². The number of hydrogen-bond acceptors (Lipinski definition) is 5. The molecule has 0 unspecified atom stereocenters. The molecule has 1 amide bonds. The van der Waals surface area contributed by atoms with Crippen molar-refractivity contribution in [3.8, 4) is 0 Å². The van der Waals surface area contributed by atoms with Gasteiger partial charge in [0.15, 0.2) is 18.0 Å². The number of carbonyl (C=O) groups excluding carboxylic acids is 2. The van der Waals surface area contributed by atoms with Crippen molar-refractivity contribution in [1.29, 1.82) is 0 Å². The van der Waals surface area contributed by atoms with Gasteiger partial charge in [-0.25, -0.2) is 0 Å². The van der Waals surface area contributed by atoms with Crippen LogP contribution in [-0.4, -0.2) is 41.0 Å². The van der Waals surface area contributed by atoms with E-state index in [9.17, 15) is 14.7 Å². The fourth-order valence-electron chi connectivity index (χ4n) is 4.14. The van der Waals surface area contributed by atoms with Gasteiger partial charge in [-0.1, -0.05) is 54.1 Å². The molecule has 0 bridgehead atoms. The highest BCUT2D eigenvalue weighted by Gasteiger charge is 2.36. The number of ether oxygens (including phenoxy) is 1. The second kappa shape index (κ2) is 10.6. The Morgan fingerprint density at radius 1 is 1.12 bits per heavy atom. The number of halogens is 1. The maximum Gasteiger partial charge on any atom is 0.255 e. The Hall–Kier alpha value is -2.51. The molecule has 7 heteroatoms. The molecule has 0 spiro atoms. The summed E-state index contributed by atoms with van der Waals surface area (Å²) in [5.74, 6) is -0.763. The Morgan fingerprint density at radius 2 is 1.79 bits per heavy atom. The van der Waals surface area contributed by atoms with Gasteiger partial charge in [0.1, 0.15) is 0 Å². The summed E-state index contributed by atoms with van der Waals surface area (Å²) in [6.45, 7) is 0.861. The SMILES string of the molecule is CO[C@@H](C(=O)CCc1cc(Cc2ccccc2Cl)cs1)[C@@H](O)C(=O)N1Cc2ccccc2C1. The summed E-state index contributed by atoms with van der Waals surface area (Å²) in [4.78, 5) is 28.3. The first-order valence-corrected chi connectivity index (χ1v) is 12.1. The number of aryl methyl sites for hydroxylation is 1. The van der Waals surface area contributed by atoms with Crippen molar-refractivity contribution in [2.24, 2.45) is 0 Å². The minimum atomic E-state index is -1.52. The molecule has 1 aromatic heterocycles. The number of amides is 1. The molecule has 0 saturated heterocycles. The summed E-state index contributed by atoms with van der Waals surface area (Å²) in [5, 5.41) is 13.4. The van der Waals surface area contributed by atoms with Gasteiger partial charge in [-0.2, -0.15) is 0 Å². The van der Waals surface area contributed by atoms with Crippen LogP contribution in [0.4, 0.5) is 0 Å². The molecule has 172 valence electrons. The zero-order valence-corrected chi connectivity index (χ0v) is 19.9. The van der Waals surface area contributed by atoms with Crippen molar-refractivity contribution in [2.75, 3.05) is 7.11 Å². The lowest BCUT2D eigenvalue weighted by atomic mass is 10.0. The molecule has 0 radical (unpaired) electrons. The Morgan fingerprint density at radius 3 is 2.45 bits per heavy atom. The lowest BCUT2D eigenvalue weighted by molar-refractivity contribution is -0.154. The summed E-state index contributed by atoms with van der Waals surface area (Å²) < 4.78 is 5.26. The molecule has 2 atom stereocenters. The number of nitrogens with zero attached hydrogens (tertiary/aromatic N) is 1. The summed E-state index contributed by atoms with van der Waals surface area (Å²) in [6, 6.07) is 17.6. The maximum absolute atomic E-state index is 12.8. The number of rotatable bonds is 9. The predicted molar refractivity (Wildman–Crippen MR) is 129 cm³/mol. The molecule has 0 fully saturated rings. The fraction of sp³-hybridized carbons (Fsp3) is 0.308. The standard InChI is InChI=1S/C26H26ClNO4S/c1-32-25(24(30)26(31)28-14-19-7-2-3-8-20(19)15-28)23(29)11-10-21-13-17(16-33-21)12-18-6-4-5-9-22(18)27/h2-9,13,16,24-25,30H,10-12,14-15H2,1H3/t24-,25+/m1/s1. The van der Waals surface area contributed by atoms with Crippen LogP contribution in [0, 0.1) is 0 Å². The van der Waals surface area contributed by atoms with E-state index in [0.29, 0.717) is 19.5 Å². The van der Waals surface area contributed by atoms with Crippen LogP contribution >= 0.6 is 22.9 Å². The normalized spacial score (nSPS) is 14.7. The molecule has 33 heavy (non-hydrogen) atoms. The first kappa shape index (κ1) is 23.6.